The number of amides is 1. The average molecular weight is 292 g/mol. The first-order chi connectivity index (χ1) is 10.0. The Morgan fingerprint density at radius 3 is 3.10 bits per heavy atom. The van der Waals surface area contributed by atoms with Crippen LogP contribution in [0.5, 0.6) is 0 Å². The molecule has 1 saturated heterocycles. The van der Waals surface area contributed by atoms with Crippen LogP contribution in [0.25, 0.3) is 0 Å². The molecular weight excluding hydrogens is 268 g/mol. The number of hydrogen-bond acceptors (Lipinski definition) is 5. The molecule has 1 atom stereocenters. The molecule has 21 heavy (non-hydrogen) atoms. The molecule has 2 heterocycles. The number of nitrogens with two attached hydrogens (primary N) is 1. The lowest BCUT2D eigenvalue weighted by Gasteiger charge is -2.33. The number of aromatic nitrogens is 1. The number of rotatable bonds is 6. The first kappa shape index (κ1) is 15.9. The molecular formula is C15H24N4O2. The summed E-state index contributed by atoms with van der Waals surface area (Å²) in [5.74, 6) is -0.319. The van der Waals surface area contributed by atoms with Crippen LogP contribution in [-0.4, -0.2) is 66.6 Å². The van der Waals surface area contributed by atoms with E-state index in [0.29, 0.717) is 13.1 Å². The van der Waals surface area contributed by atoms with Crippen LogP contribution in [0.2, 0.25) is 0 Å². The third kappa shape index (κ3) is 5.08. The molecule has 1 aliphatic heterocycles. The molecule has 0 spiro atoms. The van der Waals surface area contributed by atoms with Crippen molar-refractivity contribution >= 4 is 5.91 Å². The van der Waals surface area contributed by atoms with Crippen LogP contribution in [0.3, 0.4) is 0 Å². The molecule has 1 fully saturated rings. The number of primary amides is 1. The van der Waals surface area contributed by atoms with Crippen molar-refractivity contribution in [1.82, 2.24) is 14.8 Å². The number of morpholine rings is 1. The summed E-state index contributed by atoms with van der Waals surface area (Å²) < 4.78 is 5.78. The fraction of sp³-hybridized carbons (Fsp3) is 0.600. The maximum Gasteiger partial charge on any atom is 0.231 e. The minimum atomic E-state index is -0.319. The van der Waals surface area contributed by atoms with Crippen LogP contribution in [0.4, 0.5) is 0 Å². The minimum Gasteiger partial charge on any atom is -0.374 e. The van der Waals surface area contributed by atoms with E-state index in [0.717, 1.165) is 31.0 Å². The van der Waals surface area contributed by atoms with Gasteiger partial charge in [-0.05, 0) is 25.6 Å². The zero-order valence-corrected chi connectivity index (χ0v) is 12.8. The molecule has 1 unspecified atom stereocenters. The molecule has 0 bridgehead atoms. The monoisotopic (exact) mass is 292 g/mol. The molecule has 116 valence electrons. The van der Waals surface area contributed by atoms with Crippen LogP contribution in [-0.2, 0) is 16.1 Å². The number of nitrogens with zero attached hydrogens (tertiary/aromatic N) is 3. The first-order valence-electron chi connectivity index (χ1n) is 7.26. The second-order valence-electron chi connectivity index (χ2n) is 5.64. The molecule has 0 saturated carbocycles. The predicted molar refractivity (Wildman–Crippen MR) is 80.7 cm³/mol. The van der Waals surface area contributed by atoms with Crippen molar-refractivity contribution in [1.29, 1.82) is 0 Å². The average Bonchev–Trinajstić information content (AvgIpc) is 2.40. The van der Waals surface area contributed by atoms with Crippen molar-refractivity contribution in [3.05, 3.63) is 29.6 Å². The summed E-state index contributed by atoms with van der Waals surface area (Å²) in [6, 6.07) is 3.94. The Labute approximate surface area is 125 Å². The fourth-order valence-electron chi connectivity index (χ4n) is 2.60. The summed E-state index contributed by atoms with van der Waals surface area (Å²) in [4.78, 5) is 19.9. The van der Waals surface area contributed by atoms with Gasteiger partial charge in [0.15, 0.2) is 0 Å². The lowest BCUT2D eigenvalue weighted by molar-refractivity contribution is -0.120. The van der Waals surface area contributed by atoms with Crippen LogP contribution >= 0.6 is 0 Å². The molecule has 6 nitrogen and oxygen atoms in total. The van der Waals surface area contributed by atoms with Gasteiger partial charge < -0.3 is 15.4 Å². The number of aryl methyl sites for hydroxylation is 1. The van der Waals surface area contributed by atoms with Crippen molar-refractivity contribution in [2.75, 3.05) is 39.8 Å². The first-order valence-corrected chi connectivity index (χ1v) is 7.26. The highest BCUT2D eigenvalue weighted by Crippen LogP contribution is 2.11. The Hall–Kier alpha value is -1.50. The van der Waals surface area contributed by atoms with E-state index in [1.54, 1.807) is 6.20 Å². The largest absolute Gasteiger partial charge is 0.374 e. The number of pyridine rings is 1. The smallest absolute Gasteiger partial charge is 0.231 e. The van der Waals surface area contributed by atoms with Gasteiger partial charge in [-0.25, -0.2) is 0 Å². The van der Waals surface area contributed by atoms with E-state index in [9.17, 15) is 4.79 Å². The second-order valence-corrected chi connectivity index (χ2v) is 5.64. The van der Waals surface area contributed by atoms with Gasteiger partial charge in [-0.3, -0.25) is 14.7 Å². The quantitative estimate of drug-likeness (QED) is 0.799. The highest BCUT2D eigenvalue weighted by atomic mass is 16.5. The summed E-state index contributed by atoms with van der Waals surface area (Å²) in [5, 5.41) is 0. The Kier molecular flexibility index (Phi) is 5.67. The Morgan fingerprint density at radius 2 is 2.43 bits per heavy atom. The van der Waals surface area contributed by atoms with Gasteiger partial charge in [0.05, 0.1) is 19.3 Å². The van der Waals surface area contributed by atoms with Gasteiger partial charge in [0.1, 0.15) is 0 Å². The SMILES string of the molecule is Cc1ncccc1CN(CC(N)=O)CC1CN(C)CCO1. The van der Waals surface area contributed by atoms with E-state index in [2.05, 4.69) is 16.9 Å². The van der Waals surface area contributed by atoms with Gasteiger partial charge in [-0.15, -0.1) is 0 Å². The molecule has 0 aliphatic carbocycles. The van der Waals surface area contributed by atoms with Crippen molar-refractivity contribution in [2.45, 2.75) is 19.6 Å². The summed E-state index contributed by atoms with van der Waals surface area (Å²) in [7, 11) is 2.08. The maximum absolute atomic E-state index is 11.3. The number of ether oxygens (including phenoxy) is 1. The highest BCUT2D eigenvalue weighted by molar-refractivity contribution is 5.75. The van der Waals surface area contributed by atoms with E-state index in [1.165, 1.54) is 0 Å². The highest BCUT2D eigenvalue weighted by Gasteiger charge is 2.22. The summed E-state index contributed by atoms with van der Waals surface area (Å²) in [6.45, 7) is 6.13. The fourth-order valence-corrected chi connectivity index (χ4v) is 2.60. The number of likely N-dealkylation sites (N-methyl/N-ethyl adjacent to an activating group) is 1. The third-order valence-electron chi connectivity index (χ3n) is 3.69. The summed E-state index contributed by atoms with van der Waals surface area (Å²) in [5.41, 5.74) is 7.46. The van der Waals surface area contributed by atoms with Crippen LogP contribution in [0, 0.1) is 6.92 Å². The molecule has 1 aliphatic rings. The zero-order valence-electron chi connectivity index (χ0n) is 12.8. The molecule has 6 heteroatoms. The van der Waals surface area contributed by atoms with Crippen molar-refractivity contribution < 1.29 is 9.53 Å². The van der Waals surface area contributed by atoms with Gasteiger partial charge in [0, 0.05) is 38.1 Å². The van der Waals surface area contributed by atoms with Crippen molar-refractivity contribution in [3.8, 4) is 0 Å². The van der Waals surface area contributed by atoms with Gasteiger partial charge in [0.25, 0.3) is 0 Å². The number of hydrogen-bond donors (Lipinski definition) is 1. The summed E-state index contributed by atoms with van der Waals surface area (Å²) in [6.07, 6.45) is 1.89. The standard InChI is InChI=1S/C15H24N4O2/c1-12-13(4-3-5-17-12)8-19(11-15(16)20)10-14-9-18(2)6-7-21-14/h3-5,14H,6-11H2,1-2H3,(H2,16,20). The lowest BCUT2D eigenvalue weighted by Crippen LogP contribution is -2.47. The van der Waals surface area contributed by atoms with Gasteiger partial charge >= 0.3 is 0 Å². The molecule has 1 amide bonds. The molecule has 0 radical (unpaired) electrons. The number of carbonyl (C=O) groups is 1. The van der Waals surface area contributed by atoms with E-state index in [1.807, 2.05) is 24.0 Å². The van der Waals surface area contributed by atoms with Crippen LogP contribution in [0.15, 0.2) is 18.3 Å². The molecule has 1 aromatic heterocycles. The minimum absolute atomic E-state index is 0.111. The Morgan fingerprint density at radius 1 is 1.62 bits per heavy atom. The number of carbonyl (C=O) groups excluding carboxylic acids is 1. The Balaban J connectivity index is 2.00. The van der Waals surface area contributed by atoms with Crippen molar-refractivity contribution in [3.63, 3.8) is 0 Å². The zero-order chi connectivity index (χ0) is 15.2. The van der Waals surface area contributed by atoms with Crippen molar-refractivity contribution in [2.24, 2.45) is 5.73 Å². The second kappa shape index (κ2) is 7.49. The summed E-state index contributed by atoms with van der Waals surface area (Å²) >= 11 is 0. The van der Waals surface area contributed by atoms with Gasteiger partial charge in [-0.1, -0.05) is 6.07 Å². The van der Waals surface area contributed by atoms with Crippen LogP contribution in [0.1, 0.15) is 11.3 Å². The molecule has 0 aromatic carbocycles. The molecule has 2 N–H and O–H groups in total. The normalized spacial score (nSPS) is 19.9. The predicted octanol–water partition coefficient (Wildman–Crippen LogP) is 0.00792. The van der Waals surface area contributed by atoms with E-state index in [4.69, 9.17) is 10.5 Å². The van der Waals surface area contributed by atoms with Gasteiger partial charge in [0.2, 0.25) is 5.91 Å². The lowest BCUT2D eigenvalue weighted by atomic mass is 10.1. The molecule has 1 aromatic rings. The maximum atomic E-state index is 11.3. The van der Waals surface area contributed by atoms with E-state index >= 15 is 0 Å². The topological polar surface area (TPSA) is 71.7 Å². The van der Waals surface area contributed by atoms with E-state index in [-0.39, 0.29) is 18.6 Å². The van der Waals surface area contributed by atoms with E-state index < -0.39 is 0 Å². The van der Waals surface area contributed by atoms with Crippen LogP contribution < -0.4 is 5.73 Å². The molecule has 2 rings (SSSR count). The Bertz CT molecular complexity index is 480. The van der Waals surface area contributed by atoms with Gasteiger partial charge in [-0.2, -0.15) is 0 Å². The third-order valence-corrected chi connectivity index (χ3v) is 3.69.